The first-order valence-corrected chi connectivity index (χ1v) is 13.7. The first-order valence-electron chi connectivity index (χ1n) is 13.7. The molecule has 0 saturated heterocycles. The maximum Gasteiger partial charge on any atom is 0.383 e. The van der Waals surface area contributed by atoms with E-state index in [1.807, 2.05) is 6.08 Å². The summed E-state index contributed by atoms with van der Waals surface area (Å²) in [4.78, 5) is 24.7. The Hall–Kier alpha value is -3.02. The number of rotatable bonds is 17. The number of hydrogen-bond donors (Lipinski definition) is 0. The monoisotopic (exact) mass is 512 g/mol. The van der Waals surface area contributed by atoms with E-state index in [-0.39, 0.29) is 17.1 Å². The zero-order valence-electron chi connectivity index (χ0n) is 23.3. The van der Waals surface area contributed by atoms with Gasteiger partial charge in [-0.2, -0.15) is 0 Å². The van der Waals surface area contributed by atoms with Crippen molar-refractivity contribution >= 4 is 16.9 Å². The van der Waals surface area contributed by atoms with Crippen LogP contribution in [0, 0.1) is 0 Å². The van der Waals surface area contributed by atoms with Gasteiger partial charge in [0.1, 0.15) is 6.61 Å². The molecule has 6 heteroatoms. The number of carbonyl (C=O) groups is 1. The average Bonchev–Trinajstić information content (AvgIpc) is 2.84. The fourth-order valence-corrected chi connectivity index (χ4v) is 4.01. The van der Waals surface area contributed by atoms with Crippen molar-refractivity contribution < 1.29 is 23.4 Å². The van der Waals surface area contributed by atoms with Gasteiger partial charge in [-0.05, 0) is 58.2 Å². The molecule has 0 amide bonds. The van der Waals surface area contributed by atoms with Crippen LogP contribution in [0.4, 0.5) is 0 Å². The largest absolute Gasteiger partial charge is 0.486 e. The Bertz CT molecular complexity index is 1100. The summed E-state index contributed by atoms with van der Waals surface area (Å²) in [5.74, 6) is -0.119. The van der Waals surface area contributed by atoms with Crippen LogP contribution >= 0.6 is 0 Å². The third-order valence-corrected chi connectivity index (χ3v) is 6.06. The van der Waals surface area contributed by atoms with Crippen molar-refractivity contribution in [2.24, 2.45) is 0 Å². The van der Waals surface area contributed by atoms with Gasteiger partial charge in [-0.1, -0.05) is 75.2 Å². The van der Waals surface area contributed by atoms with E-state index in [2.05, 4.69) is 33.8 Å². The summed E-state index contributed by atoms with van der Waals surface area (Å²) in [5.41, 5.74) is 2.07. The van der Waals surface area contributed by atoms with E-state index in [9.17, 15) is 9.59 Å². The van der Waals surface area contributed by atoms with E-state index in [1.165, 1.54) is 50.2 Å². The maximum absolute atomic E-state index is 12.9. The van der Waals surface area contributed by atoms with E-state index in [0.717, 1.165) is 32.1 Å². The summed E-state index contributed by atoms with van der Waals surface area (Å²) in [6, 6.07) is 5.24. The first kappa shape index (κ1) is 30.2. The quantitative estimate of drug-likeness (QED) is 0.0918. The van der Waals surface area contributed by atoms with Gasteiger partial charge in [0.25, 0.3) is 0 Å². The minimum Gasteiger partial charge on any atom is -0.486 e. The van der Waals surface area contributed by atoms with Crippen LogP contribution in [-0.4, -0.2) is 19.2 Å². The van der Waals surface area contributed by atoms with E-state index in [1.54, 1.807) is 18.2 Å². The number of carbonyl (C=O) groups excluding carboxylic acids is 1. The molecule has 37 heavy (non-hydrogen) atoms. The van der Waals surface area contributed by atoms with Gasteiger partial charge >= 0.3 is 11.6 Å². The molecule has 0 aliphatic heterocycles. The summed E-state index contributed by atoms with van der Waals surface area (Å²) in [6.07, 6.45) is 15.4. The normalized spacial score (nSPS) is 11.4. The second kappa shape index (κ2) is 16.7. The lowest BCUT2D eigenvalue weighted by Crippen LogP contribution is -2.13. The van der Waals surface area contributed by atoms with Crippen LogP contribution in [0.25, 0.3) is 11.0 Å². The number of fused-ring (bicyclic) bond motifs is 1. The third kappa shape index (κ3) is 10.9. The predicted molar refractivity (Wildman–Crippen MR) is 150 cm³/mol. The number of unbranched alkanes of at least 4 members (excludes halogenated alkanes) is 7. The summed E-state index contributed by atoms with van der Waals surface area (Å²) >= 11 is 0. The van der Waals surface area contributed by atoms with Crippen LogP contribution in [0.1, 0.15) is 98.8 Å². The first-order chi connectivity index (χ1) is 17.8. The average molecular weight is 513 g/mol. The van der Waals surface area contributed by atoms with E-state index >= 15 is 0 Å². The fraction of sp³-hybridized carbons (Fsp3) is 0.548. The molecule has 0 fully saturated rings. The van der Waals surface area contributed by atoms with Crippen molar-refractivity contribution in [3.8, 4) is 17.2 Å². The molecule has 0 radical (unpaired) electrons. The number of ether oxygens (including phenoxy) is 3. The van der Waals surface area contributed by atoms with Crippen LogP contribution < -0.4 is 19.8 Å². The lowest BCUT2D eigenvalue weighted by Gasteiger charge is -2.13. The van der Waals surface area contributed by atoms with Crippen molar-refractivity contribution in [2.75, 3.05) is 13.2 Å². The highest BCUT2D eigenvalue weighted by Crippen LogP contribution is 2.37. The van der Waals surface area contributed by atoms with Crippen molar-refractivity contribution in [3.05, 3.63) is 51.9 Å². The molecule has 0 aliphatic rings. The lowest BCUT2D eigenvalue weighted by atomic mass is 10.1. The minimum absolute atomic E-state index is 0.0715. The molecule has 0 saturated carbocycles. The number of para-hydroxylation sites is 1. The van der Waals surface area contributed by atoms with Crippen molar-refractivity contribution in [3.63, 3.8) is 0 Å². The van der Waals surface area contributed by atoms with E-state index in [4.69, 9.17) is 18.6 Å². The van der Waals surface area contributed by atoms with Crippen LogP contribution in [-0.2, 0) is 4.79 Å². The molecule has 0 aliphatic carbocycles. The molecule has 0 unspecified atom stereocenters. The van der Waals surface area contributed by atoms with Crippen LogP contribution in [0.2, 0.25) is 0 Å². The molecule has 0 atom stereocenters. The summed E-state index contributed by atoms with van der Waals surface area (Å²) in [7, 11) is 0. The third-order valence-electron chi connectivity index (χ3n) is 6.06. The predicted octanol–water partition coefficient (Wildman–Crippen LogP) is 8.31. The molecule has 1 aromatic carbocycles. The summed E-state index contributed by atoms with van der Waals surface area (Å²) in [5, 5.41) is 0.461. The van der Waals surface area contributed by atoms with Gasteiger partial charge in [-0.15, -0.1) is 0 Å². The second-order valence-corrected chi connectivity index (χ2v) is 9.78. The van der Waals surface area contributed by atoms with Crippen LogP contribution in [0.3, 0.4) is 0 Å². The minimum atomic E-state index is -0.687. The standard InChI is InChI=1S/C31H44O6/c1-6-7-8-9-10-11-12-13-21-35-30-29(36-25(5)32)26-18-15-19-27(28(26)37-31(30)33)34-22-20-24(4)17-14-16-23(2)3/h15-16,18-20H,6-14,17,21-22H2,1-5H3/b24-20+. The zero-order chi connectivity index (χ0) is 27.0. The van der Waals surface area contributed by atoms with Gasteiger partial charge in [0.15, 0.2) is 17.1 Å². The molecule has 0 N–H and O–H groups in total. The van der Waals surface area contributed by atoms with Crippen molar-refractivity contribution in [1.29, 1.82) is 0 Å². The molecule has 0 bridgehead atoms. The Kier molecular flexibility index (Phi) is 13.6. The number of esters is 1. The van der Waals surface area contributed by atoms with Crippen molar-refractivity contribution in [2.45, 2.75) is 98.8 Å². The smallest absolute Gasteiger partial charge is 0.383 e. The Balaban J connectivity index is 2.10. The van der Waals surface area contributed by atoms with Gasteiger partial charge in [0.05, 0.1) is 12.0 Å². The van der Waals surface area contributed by atoms with Gasteiger partial charge < -0.3 is 18.6 Å². The Morgan fingerprint density at radius 1 is 0.892 bits per heavy atom. The SMILES string of the molecule is CCCCCCCCCCOc1c(OC(C)=O)c2cccc(OC/C=C(\C)CCC=C(C)C)c2oc1=O. The van der Waals surface area contributed by atoms with Gasteiger partial charge in [-0.25, -0.2) is 4.79 Å². The lowest BCUT2D eigenvalue weighted by molar-refractivity contribution is -0.131. The highest BCUT2D eigenvalue weighted by Gasteiger charge is 2.21. The molecule has 0 spiro atoms. The van der Waals surface area contributed by atoms with E-state index in [0.29, 0.717) is 24.3 Å². The molecular weight excluding hydrogens is 468 g/mol. The van der Waals surface area contributed by atoms with Crippen LogP contribution in [0.15, 0.2) is 50.7 Å². The second-order valence-electron chi connectivity index (χ2n) is 9.78. The molecule has 1 aromatic heterocycles. The maximum atomic E-state index is 12.9. The van der Waals surface area contributed by atoms with Crippen LogP contribution in [0.5, 0.6) is 17.2 Å². The topological polar surface area (TPSA) is 75.0 Å². The Morgan fingerprint density at radius 2 is 1.59 bits per heavy atom. The highest BCUT2D eigenvalue weighted by molar-refractivity contribution is 5.91. The van der Waals surface area contributed by atoms with Crippen molar-refractivity contribution in [1.82, 2.24) is 0 Å². The highest BCUT2D eigenvalue weighted by atomic mass is 16.6. The van der Waals surface area contributed by atoms with Gasteiger partial charge in [0, 0.05) is 6.92 Å². The molecular formula is C31H44O6. The summed E-state index contributed by atoms with van der Waals surface area (Å²) in [6.45, 7) is 10.5. The molecule has 1 heterocycles. The molecule has 204 valence electrons. The molecule has 2 aromatic rings. The van der Waals surface area contributed by atoms with Gasteiger partial charge in [-0.3, -0.25) is 4.79 Å². The van der Waals surface area contributed by atoms with E-state index < -0.39 is 11.6 Å². The zero-order valence-corrected chi connectivity index (χ0v) is 23.3. The Labute approximate surface area is 221 Å². The Morgan fingerprint density at radius 3 is 2.27 bits per heavy atom. The number of benzene rings is 1. The molecule has 2 rings (SSSR count). The number of hydrogen-bond acceptors (Lipinski definition) is 6. The molecule has 6 nitrogen and oxygen atoms in total. The van der Waals surface area contributed by atoms with Gasteiger partial charge in [0.2, 0.25) is 5.75 Å². The summed E-state index contributed by atoms with van der Waals surface area (Å²) < 4.78 is 22.8. The number of allylic oxidation sites excluding steroid dienone is 3. The fourth-order valence-electron chi connectivity index (χ4n) is 4.01.